The monoisotopic (exact) mass is 380 g/mol. The minimum atomic E-state index is -0.587. The molecule has 3 N–H and O–H groups in total. The summed E-state index contributed by atoms with van der Waals surface area (Å²) in [6, 6.07) is 19.0. The van der Waals surface area contributed by atoms with Gasteiger partial charge in [0.15, 0.2) is 5.96 Å². The van der Waals surface area contributed by atoms with E-state index < -0.39 is 6.10 Å². The van der Waals surface area contributed by atoms with Gasteiger partial charge in [-0.15, -0.1) is 0 Å². The summed E-state index contributed by atoms with van der Waals surface area (Å²) in [5.41, 5.74) is 3.39. The van der Waals surface area contributed by atoms with Crippen molar-refractivity contribution in [1.29, 1.82) is 0 Å². The van der Waals surface area contributed by atoms with E-state index in [9.17, 15) is 5.11 Å². The Bertz CT molecular complexity index is 737. The maximum Gasteiger partial charge on any atom is 0.191 e. The van der Waals surface area contributed by atoms with Crippen LogP contribution in [0.4, 0.5) is 5.69 Å². The molecule has 2 aromatic rings. The molecule has 0 bridgehead atoms. The van der Waals surface area contributed by atoms with E-state index in [1.165, 1.54) is 11.3 Å². The van der Waals surface area contributed by atoms with Gasteiger partial charge in [-0.3, -0.25) is 4.99 Å². The number of para-hydroxylation sites is 1. The molecule has 0 aliphatic carbocycles. The zero-order valence-corrected chi connectivity index (χ0v) is 16.9. The van der Waals surface area contributed by atoms with Crippen LogP contribution in [0.2, 0.25) is 0 Å². The maximum absolute atomic E-state index is 10.4. The van der Waals surface area contributed by atoms with E-state index in [1.54, 1.807) is 0 Å². The Morgan fingerprint density at radius 2 is 1.79 bits per heavy atom. The molecule has 1 aliphatic rings. The number of nitrogens with one attached hydrogen (secondary N) is 2. The van der Waals surface area contributed by atoms with Gasteiger partial charge < -0.3 is 20.6 Å². The van der Waals surface area contributed by atoms with Crippen molar-refractivity contribution in [3.05, 3.63) is 65.7 Å². The second-order valence-corrected chi connectivity index (χ2v) is 7.39. The van der Waals surface area contributed by atoms with Crippen LogP contribution in [0, 0.1) is 6.92 Å². The molecule has 0 spiro atoms. The minimum absolute atomic E-state index is 0.348. The van der Waals surface area contributed by atoms with Crippen LogP contribution in [0.5, 0.6) is 0 Å². The summed E-state index contributed by atoms with van der Waals surface area (Å²) >= 11 is 0. The molecule has 0 saturated carbocycles. The van der Waals surface area contributed by atoms with Gasteiger partial charge in [0.25, 0.3) is 0 Å². The smallest absolute Gasteiger partial charge is 0.191 e. The number of nitrogens with zero attached hydrogens (tertiary/aromatic N) is 2. The van der Waals surface area contributed by atoms with Crippen molar-refractivity contribution in [2.24, 2.45) is 4.99 Å². The second-order valence-electron chi connectivity index (χ2n) is 7.39. The van der Waals surface area contributed by atoms with Crippen LogP contribution in [-0.4, -0.2) is 43.3 Å². The van der Waals surface area contributed by atoms with Gasteiger partial charge in [0.2, 0.25) is 0 Å². The lowest BCUT2D eigenvalue weighted by molar-refractivity contribution is 0.187. The number of aryl methyl sites for hydroxylation is 1. The van der Waals surface area contributed by atoms with Crippen molar-refractivity contribution in [2.45, 2.75) is 38.8 Å². The van der Waals surface area contributed by atoms with Gasteiger partial charge in [-0.1, -0.05) is 48.0 Å². The molecule has 5 nitrogen and oxygen atoms in total. The molecule has 2 aromatic carbocycles. The van der Waals surface area contributed by atoms with Crippen molar-refractivity contribution in [1.82, 2.24) is 10.6 Å². The van der Waals surface area contributed by atoms with Crippen LogP contribution in [0.25, 0.3) is 0 Å². The average Bonchev–Trinajstić information content (AvgIpc) is 2.73. The SMILES string of the molecule is CCNC(=NCC(O)c1ccc(C)cc1)NC1CCN(c2ccccc2)CC1. The minimum Gasteiger partial charge on any atom is -0.386 e. The highest BCUT2D eigenvalue weighted by atomic mass is 16.3. The molecule has 150 valence electrons. The normalized spacial score (nSPS) is 16.7. The van der Waals surface area contributed by atoms with Crippen molar-refractivity contribution >= 4 is 11.6 Å². The molecular formula is C23H32N4O. The Hall–Kier alpha value is -2.53. The lowest BCUT2D eigenvalue weighted by Gasteiger charge is -2.34. The van der Waals surface area contributed by atoms with Crippen LogP contribution in [0.15, 0.2) is 59.6 Å². The van der Waals surface area contributed by atoms with E-state index in [0.717, 1.165) is 44.0 Å². The number of rotatable bonds is 6. The number of anilines is 1. The Balaban J connectivity index is 1.53. The summed E-state index contributed by atoms with van der Waals surface area (Å²) in [6.07, 6.45) is 1.55. The molecule has 1 saturated heterocycles. The second kappa shape index (κ2) is 10.1. The van der Waals surface area contributed by atoms with E-state index in [-0.39, 0.29) is 0 Å². The van der Waals surface area contributed by atoms with Gasteiger partial charge in [-0.05, 0) is 44.4 Å². The molecule has 1 aliphatic heterocycles. The predicted molar refractivity (Wildman–Crippen MR) is 117 cm³/mol. The van der Waals surface area contributed by atoms with Gasteiger partial charge in [0, 0.05) is 31.4 Å². The molecule has 5 heteroatoms. The summed E-state index contributed by atoms with van der Waals surface area (Å²) in [6.45, 7) is 7.33. The molecule has 28 heavy (non-hydrogen) atoms. The Labute approximate surface area is 168 Å². The standard InChI is InChI=1S/C23H32N4O/c1-3-24-23(25-17-22(28)19-11-9-18(2)10-12-19)26-20-13-15-27(16-14-20)21-7-5-4-6-8-21/h4-12,20,22,28H,3,13-17H2,1-2H3,(H2,24,25,26). The molecule has 1 atom stereocenters. The van der Waals surface area contributed by atoms with Crippen LogP contribution >= 0.6 is 0 Å². The molecule has 0 amide bonds. The molecule has 0 radical (unpaired) electrons. The number of hydrogen-bond donors (Lipinski definition) is 3. The first kappa shape index (κ1) is 20.2. The zero-order chi connectivity index (χ0) is 19.8. The highest BCUT2D eigenvalue weighted by Crippen LogP contribution is 2.19. The fraction of sp³-hybridized carbons (Fsp3) is 0.435. The van der Waals surface area contributed by atoms with Crippen LogP contribution in [0.3, 0.4) is 0 Å². The quantitative estimate of drug-likeness (QED) is 0.532. The number of piperidine rings is 1. The van der Waals surface area contributed by atoms with Gasteiger partial charge in [-0.25, -0.2) is 0 Å². The largest absolute Gasteiger partial charge is 0.386 e. The third kappa shape index (κ3) is 5.73. The Morgan fingerprint density at radius 3 is 2.43 bits per heavy atom. The topological polar surface area (TPSA) is 59.9 Å². The molecule has 1 fully saturated rings. The molecule has 1 heterocycles. The van der Waals surface area contributed by atoms with Crippen LogP contribution in [0.1, 0.15) is 37.0 Å². The van der Waals surface area contributed by atoms with Crippen LogP contribution < -0.4 is 15.5 Å². The predicted octanol–water partition coefficient (Wildman–Crippen LogP) is 3.25. The van der Waals surface area contributed by atoms with Gasteiger partial charge in [0.1, 0.15) is 0 Å². The highest BCUT2D eigenvalue weighted by molar-refractivity contribution is 5.80. The Morgan fingerprint density at radius 1 is 1.11 bits per heavy atom. The first-order valence-electron chi connectivity index (χ1n) is 10.2. The van der Waals surface area contributed by atoms with Crippen molar-refractivity contribution in [3.8, 4) is 0 Å². The summed E-state index contributed by atoms with van der Waals surface area (Å²) in [4.78, 5) is 7.05. The third-order valence-corrected chi connectivity index (χ3v) is 5.19. The summed E-state index contributed by atoms with van der Waals surface area (Å²) in [7, 11) is 0. The Kier molecular flexibility index (Phi) is 7.31. The summed E-state index contributed by atoms with van der Waals surface area (Å²) < 4.78 is 0. The van der Waals surface area contributed by atoms with Gasteiger partial charge >= 0.3 is 0 Å². The highest BCUT2D eigenvalue weighted by Gasteiger charge is 2.20. The molecule has 3 rings (SSSR count). The number of aliphatic imine (C=N–C) groups is 1. The number of aliphatic hydroxyl groups excluding tert-OH is 1. The van der Waals surface area contributed by atoms with E-state index in [2.05, 4.69) is 57.8 Å². The van der Waals surface area contributed by atoms with Crippen LogP contribution in [-0.2, 0) is 0 Å². The molecule has 1 unspecified atom stereocenters. The summed E-state index contributed by atoms with van der Waals surface area (Å²) in [5, 5.41) is 17.3. The number of guanidine groups is 1. The number of hydrogen-bond acceptors (Lipinski definition) is 3. The van der Waals surface area contributed by atoms with E-state index in [1.807, 2.05) is 31.2 Å². The fourth-order valence-electron chi connectivity index (χ4n) is 3.51. The van der Waals surface area contributed by atoms with Crippen molar-refractivity contribution in [2.75, 3.05) is 31.1 Å². The van der Waals surface area contributed by atoms with Gasteiger partial charge in [-0.2, -0.15) is 0 Å². The van der Waals surface area contributed by atoms with Gasteiger partial charge in [0.05, 0.1) is 12.6 Å². The lowest BCUT2D eigenvalue weighted by Crippen LogP contribution is -2.48. The summed E-state index contributed by atoms with van der Waals surface area (Å²) in [5.74, 6) is 0.784. The zero-order valence-electron chi connectivity index (χ0n) is 16.9. The first-order valence-corrected chi connectivity index (χ1v) is 10.2. The number of aliphatic hydroxyl groups is 1. The first-order chi connectivity index (χ1) is 13.7. The molecule has 0 aromatic heterocycles. The van der Waals surface area contributed by atoms with Crippen molar-refractivity contribution < 1.29 is 5.11 Å². The van der Waals surface area contributed by atoms with E-state index >= 15 is 0 Å². The fourth-order valence-corrected chi connectivity index (χ4v) is 3.51. The number of benzene rings is 2. The average molecular weight is 381 g/mol. The van der Waals surface area contributed by atoms with E-state index in [0.29, 0.717) is 12.6 Å². The van der Waals surface area contributed by atoms with E-state index in [4.69, 9.17) is 0 Å². The van der Waals surface area contributed by atoms with Crippen molar-refractivity contribution in [3.63, 3.8) is 0 Å². The lowest BCUT2D eigenvalue weighted by atomic mass is 10.0. The maximum atomic E-state index is 10.4. The third-order valence-electron chi connectivity index (χ3n) is 5.19. The molecular weight excluding hydrogens is 348 g/mol.